The summed E-state index contributed by atoms with van der Waals surface area (Å²) in [5, 5.41) is 0.608. The number of methoxy groups -OCH3 is 2. The summed E-state index contributed by atoms with van der Waals surface area (Å²) in [6, 6.07) is 5.62. The minimum absolute atomic E-state index is 0.0650. The van der Waals surface area contributed by atoms with E-state index in [1.807, 2.05) is 18.2 Å². The number of thioether (sulfide) groups is 1. The van der Waals surface area contributed by atoms with E-state index in [1.165, 1.54) is 14.2 Å². The number of aromatic nitrogens is 2. The van der Waals surface area contributed by atoms with Crippen LogP contribution in [-0.4, -0.2) is 30.7 Å². The summed E-state index contributed by atoms with van der Waals surface area (Å²) in [6.07, 6.45) is 1.65. The lowest BCUT2D eigenvalue weighted by Gasteiger charge is -2.16. The van der Waals surface area contributed by atoms with Crippen LogP contribution in [0.1, 0.15) is 10.9 Å². The second-order valence-electron chi connectivity index (χ2n) is 4.23. The number of benzene rings is 1. The summed E-state index contributed by atoms with van der Waals surface area (Å²) >= 11 is 11.0. The molecule has 0 saturated carbocycles. The number of rotatable bonds is 6. The molecule has 0 spiro atoms. The van der Waals surface area contributed by atoms with Crippen LogP contribution in [0.4, 0.5) is 0 Å². The van der Waals surface area contributed by atoms with Gasteiger partial charge in [0.05, 0.1) is 31.4 Å². The zero-order valence-corrected chi connectivity index (χ0v) is 15.2. The van der Waals surface area contributed by atoms with Gasteiger partial charge in [0, 0.05) is 20.9 Å². The van der Waals surface area contributed by atoms with Gasteiger partial charge in [0.25, 0.3) is 11.8 Å². The highest BCUT2D eigenvalue weighted by atomic mass is 79.9. The summed E-state index contributed by atoms with van der Waals surface area (Å²) in [4.78, 5) is 9.65. The highest BCUT2D eigenvalue weighted by molar-refractivity contribution is 9.10. The van der Waals surface area contributed by atoms with Crippen molar-refractivity contribution in [1.82, 2.24) is 9.97 Å². The van der Waals surface area contributed by atoms with Gasteiger partial charge in [-0.2, -0.15) is 0 Å². The molecule has 0 fully saturated rings. The number of halogens is 2. The largest absolute Gasteiger partial charge is 0.477 e. The Balaban J connectivity index is 2.28. The van der Waals surface area contributed by atoms with Gasteiger partial charge >= 0.3 is 0 Å². The normalized spacial score (nSPS) is 12.0. The van der Waals surface area contributed by atoms with Crippen LogP contribution in [0, 0.1) is 0 Å². The van der Waals surface area contributed by atoms with Crippen LogP contribution in [0.5, 0.6) is 11.8 Å². The highest BCUT2D eigenvalue weighted by Crippen LogP contribution is 2.39. The Bertz CT molecular complexity index is 660. The van der Waals surface area contributed by atoms with E-state index in [0.29, 0.717) is 23.3 Å². The second kappa shape index (κ2) is 8.01. The van der Waals surface area contributed by atoms with Gasteiger partial charge in [-0.05, 0) is 34.1 Å². The van der Waals surface area contributed by atoms with Crippen LogP contribution in [0.15, 0.2) is 33.8 Å². The first-order valence-corrected chi connectivity index (χ1v) is 8.40. The van der Waals surface area contributed by atoms with Crippen LogP contribution in [-0.2, 0) is 0 Å². The van der Waals surface area contributed by atoms with Crippen molar-refractivity contribution < 1.29 is 9.47 Å². The first kappa shape index (κ1) is 17.3. The lowest BCUT2D eigenvalue weighted by atomic mass is 10.3. The van der Waals surface area contributed by atoms with Crippen molar-refractivity contribution in [1.29, 1.82) is 0 Å². The Morgan fingerprint density at radius 1 is 1.32 bits per heavy atom. The van der Waals surface area contributed by atoms with Crippen LogP contribution < -0.4 is 15.2 Å². The highest BCUT2D eigenvalue weighted by Gasteiger charge is 2.18. The van der Waals surface area contributed by atoms with Crippen LogP contribution in [0.3, 0.4) is 0 Å². The molecule has 5 nitrogen and oxygen atoms in total. The fourth-order valence-electron chi connectivity index (χ4n) is 1.76. The lowest BCUT2D eigenvalue weighted by molar-refractivity contribution is 0.330. The summed E-state index contributed by atoms with van der Waals surface area (Å²) in [6.45, 7) is 0.407. The molecule has 1 atom stereocenters. The van der Waals surface area contributed by atoms with Crippen molar-refractivity contribution in [3.05, 3.63) is 39.6 Å². The van der Waals surface area contributed by atoms with Crippen LogP contribution >= 0.6 is 39.3 Å². The molecule has 22 heavy (non-hydrogen) atoms. The monoisotopic (exact) mass is 403 g/mol. The van der Waals surface area contributed by atoms with Gasteiger partial charge in [0.15, 0.2) is 0 Å². The van der Waals surface area contributed by atoms with Gasteiger partial charge < -0.3 is 15.2 Å². The van der Waals surface area contributed by atoms with E-state index in [4.69, 9.17) is 26.8 Å². The number of ether oxygens (including phenoxy) is 2. The molecule has 1 heterocycles. The molecule has 0 aliphatic rings. The van der Waals surface area contributed by atoms with E-state index in [1.54, 1.807) is 18.0 Å². The molecule has 1 unspecified atom stereocenters. The fraction of sp³-hybridized carbons (Fsp3) is 0.286. The molecule has 8 heteroatoms. The van der Waals surface area contributed by atoms with E-state index in [2.05, 4.69) is 25.9 Å². The number of hydrogen-bond acceptors (Lipinski definition) is 6. The first-order chi connectivity index (χ1) is 10.6. The third-order valence-corrected chi connectivity index (χ3v) is 5.30. The van der Waals surface area contributed by atoms with Crippen molar-refractivity contribution in [2.45, 2.75) is 10.1 Å². The van der Waals surface area contributed by atoms with Crippen molar-refractivity contribution in [3.8, 4) is 11.8 Å². The first-order valence-electron chi connectivity index (χ1n) is 6.35. The summed E-state index contributed by atoms with van der Waals surface area (Å²) in [7, 11) is 3.04. The molecule has 1 aromatic heterocycles. The number of nitrogens with zero attached hydrogens (tertiary/aromatic N) is 2. The minimum atomic E-state index is -0.0650. The van der Waals surface area contributed by atoms with E-state index in [-0.39, 0.29) is 5.25 Å². The molecule has 0 amide bonds. The van der Waals surface area contributed by atoms with Gasteiger partial charge in [-0.1, -0.05) is 11.6 Å². The zero-order valence-electron chi connectivity index (χ0n) is 12.0. The molecule has 0 bridgehead atoms. The number of nitrogens with two attached hydrogens (primary N) is 1. The van der Waals surface area contributed by atoms with Crippen molar-refractivity contribution in [3.63, 3.8) is 0 Å². The van der Waals surface area contributed by atoms with Crippen molar-refractivity contribution in [2.75, 3.05) is 20.8 Å². The van der Waals surface area contributed by atoms with E-state index >= 15 is 0 Å². The molecule has 0 aliphatic carbocycles. The maximum Gasteiger partial charge on any atom is 0.278 e. The van der Waals surface area contributed by atoms with E-state index in [9.17, 15) is 0 Å². The average molecular weight is 405 g/mol. The fourth-order valence-corrected chi connectivity index (χ4v) is 3.67. The van der Waals surface area contributed by atoms with Crippen molar-refractivity contribution >= 4 is 39.3 Å². The molecule has 1 aromatic carbocycles. The Morgan fingerprint density at radius 2 is 2.05 bits per heavy atom. The molecule has 0 aliphatic heterocycles. The van der Waals surface area contributed by atoms with Crippen molar-refractivity contribution in [2.24, 2.45) is 5.73 Å². The smallest absolute Gasteiger partial charge is 0.278 e. The van der Waals surface area contributed by atoms with Gasteiger partial charge in [0.2, 0.25) is 0 Å². The predicted octanol–water partition coefficient (Wildman–Crippen LogP) is 3.70. The van der Waals surface area contributed by atoms with Gasteiger partial charge in [-0.15, -0.1) is 11.8 Å². The Labute approximate surface area is 146 Å². The topological polar surface area (TPSA) is 70.3 Å². The summed E-state index contributed by atoms with van der Waals surface area (Å²) in [5.41, 5.74) is 6.62. The predicted molar refractivity (Wildman–Crippen MR) is 91.9 cm³/mol. The maximum absolute atomic E-state index is 5.96. The molecule has 118 valence electrons. The number of hydrogen-bond donors (Lipinski definition) is 1. The van der Waals surface area contributed by atoms with E-state index < -0.39 is 0 Å². The molecule has 2 aromatic rings. The standard InChI is InChI=1S/C14H15BrClN3O2S/c1-20-13-14(21-2)19-10(7-18-13)12(6-17)22-11-4-3-8(16)5-9(11)15/h3-5,7,12H,6,17H2,1-2H3. The third-order valence-electron chi connectivity index (χ3n) is 2.82. The third kappa shape index (κ3) is 4.04. The second-order valence-corrected chi connectivity index (χ2v) is 6.77. The average Bonchev–Trinajstić information content (AvgIpc) is 2.53. The van der Waals surface area contributed by atoms with Gasteiger partial charge in [0.1, 0.15) is 0 Å². The Morgan fingerprint density at radius 3 is 2.64 bits per heavy atom. The molecule has 2 N–H and O–H groups in total. The molecular formula is C14H15BrClN3O2S. The molecule has 0 saturated heterocycles. The minimum Gasteiger partial charge on any atom is -0.477 e. The molecule has 2 rings (SSSR count). The van der Waals surface area contributed by atoms with Gasteiger partial charge in [-0.25, -0.2) is 9.97 Å². The quantitative estimate of drug-likeness (QED) is 0.740. The van der Waals surface area contributed by atoms with Gasteiger partial charge in [-0.3, -0.25) is 0 Å². The maximum atomic E-state index is 5.96. The Hall–Kier alpha value is -1.02. The summed E-state index contributed by atoms with van der Waals surface area (Å²) in [5.74, 6) is 0.689. The van der Waals surface area contributed by atoms with Crippen LogP contribution in [0.25, 0.3) is 0 Å². The van der Waals surface area contributed by atoms with Crippen LogP contribution in [0.2, 0.25) is 5.02 Å². The van der Waals surface area contributed by atoms with E-state index in [0.717, 1.165) is 15.1 Å². The molecular weight excluding hydrogens is 390 g/mol. The SMILES string of the molecule is COc1ncc(C(CN)Sc2ccc(Cl)cc2Br)nc1OC. The lowest BCUT2D eigenvalue weighted by Crippen LogP contribution is -2.12. The Kier molecular flexibility index (Phi) is 6.31. The zero-order chi connectivity index (χ0) is 16.1. The molecule has 0 radical (unpaired) electrons. The summed E-state index contributed by atoms with van der Waals surface area (Å²) < 4.78 is 11.2.